The van der Waals surface area contributed by atoms with Gasteiger partial charge in [-0.05, 0) is 19.1 Å². The number of methoxy groups -OCH3 is 1. The maximum Gasteiger partial charge on any atom is 0.258 e. The summed E-state index contributed by atoms with van der Waals surface area (Å²) in [6.45, 7) is 3.14. The highest BCUT2D eigenvalue weighted by Gasteiger charge is 2.49. The first-order chi connectivity index (χ1) is 12.5. The third-order valence-corrected chi connectivity index (χ3v) is 4.54. The van der Waals surface area contributed by atoms with Crippen LogP contribution in [0.2, 0.25) is 0 Å². The van der Waals surface area contributed by atoms with Crippen LogP contribution in [-0.4, -0.2) is 67.3 Å². The van der Waals surface area contributed by atoms with Crippen molar-refractivity contribution in [2.45, 2.75) is 12.8 Å². The monoisotopic (exact) mass is 361 g/mol. The van der Waals surface area contributed by atoms with Crippen molar-refractivity contribution >= 4 is 11.8 Å². The van der Waals surface area contributed by atoms with Crippen molar-refractivity contribution in [3.8, 4) is 17.6 Å². The van der Waals surface area contributed by atoms with Gasteiger partial charge in [0.05, 0.1) is 32.9 Å². The van der Waals surface area contributed by atoms with E-state index in [1.165, 1.54) is 23.2 Å². The Labute approximate surface area is 151 Å². The number of carbonyl (C=O) groups excluding carboxylic acids is 2. The molecule has 0 aliphatic carbocycles. The summed E-state index contributed by atoms with van der Waals surface area (Å²) in [5.74, 6) is 2.75. The smallest absolute Gasteiger partial charge is 0.258 e. The molecule has 26 heavy (non-hydrogen) atoms. The van der Waals surface area contributed by atoms with Gasteiger partial charge in [0.1, 0.15) is 11.6 Å². The molecule has 0 unspecified atom stereocenters. The fourth-order valence-corrected chi connectivity index (χ4v) is 3.32. The van der Waals surface area contributed by atoms with Crippen molar-refractivity contribution in [1.29, 1.82) is 0 Å². The summed E-state index contributed by atoms with van der Waals surface area (Å²) >= 11 is 0. The Balaban J connectivity index is 1.99. The van der Waals surface area contributed by atoms with E-state index in [2.05, 4.69) is 11.8 Å². The first kappa shape index (κ1) is 18.2. The third-order valence-electron chi connectivity index (χ3n) is 4.54. The molecule has 0 atom stereocenters. The molecule has 2 amide bonds. The van der Waals surface area contributed by atoms with Crippen LogP contribution in [-0.2, 0) is 14.4 Å². The number of fused-ring (bicyclic) bond motifs is 1. The third kappa shape index (κ3) is 3.00. The summed E-state index contributed by atoms with van der Waals surface area (Å²) in [5.41, 5.74) is 0.384. The Kier molecular flexibility index (Phi) is 5.11. The number of nitrogens with zero attached hydrogens (tertiary/aromatic N) is 3. The first-order valence-electron chi connectivity index (χ1n) is 8.23. The molecular weight excluding hydrogens is 341 g/mol. The Morgan fingerprint density at radius 3 is 2.19 bits per heavy atom. The predicted molar refractivity (Wildman–Crippen MR) is 90.3 cm³/mol. The van der Waals surface area contributed by atoms with Crippen LogP contribution in [0, 0.1) is 17.7 Å². The Hall–Kier alpha value is -2.63. The Morgan fingerprint density at radius 1 is 1.08 bits per heavy atom. The highest BCUT2D eigenvalue weighted by atomic mass is 19.1. The lowest BCUT2D eigenvalue weighted by molar-refractivity contribution is -0.145. The lowest BCUT2D eigenvalue weighted by Gasteiger charge is -2.23. The van der Waals surface area contributed by atoms with Crippen LogP contribution in [0.1, 0.15) is 24.0 Å². The van der Waals surface area contributed by atoms with E-state index < -0.39 is 23.5 Å². The number of carbonyl (C=O) groups is 2. The van der Waals surface area contributed by atoms with E-state index in [9.17, 15) is 14.0 Å². The van der Waals surface area contributed by atoms with Gasteiger partial charge in [0.2, 0.25) is 0 Å². The quantitative estimate of drug-likeness (QED) is 0.587. The fourth-order valence-electron chi connectivity index (χ4n) is 3.32. The molecule has 0 radical (unpaired) electrons. The maximum absolute atomic E-state index is 14.8. The zero-order valence-electron chi connectivity index (χ0n) is 14.9. The van der Waals surface area contributed by atoms with Gasteiger partial charge in [0, 0.05) is 18.7 Å². The SMILES string of the molecule is CC#Cc1cc(F)c(C2C(=O)N3CCN(OC)CCN3C2=O)c(OC)c1. The highest BCUT2D eigenvalue weighted by Crippen LogP contribution is 2.37. The van der Waals surface area contributed by atoms with Crippen LogP contribution < -0.4 is 4.74 Å². The lowest BCUT2D eigenvalue weighted by Crippen LogP contribution is -2.41. The van der Waals surface area contributed by atoms with Crippen LogP contribution >= 0.6 is 0 Å². The molecule has 0 N–H and O–H groups in total. The molecule has 0 saturated carbocycles. The minimum absolute atomic E-state index is 0.0409. The summed E-state index contributed by atoms with van der Waals surface area (Å²) in [6, 6.07) is 2.77. The van der Waals surface area contributed by atoms with Crippen LogP contribution in [0.5, 0.6) is 5.75 Å². The molecular formula is C18H20FN3O4. The number of ether oxygens (including phenoxy) is 1. The van der Waals surface area contributed by atoms with E-state index >= 15 is 0 Å². The maximum atomic E-state index is 14.8. The molecule has 2 aliphatic heterocycles. The molecule has 1 aromatic rings. The van der Waals surface area contributed by atoms with Gasteiger partial charge in [-0.3, -0.25) is 9.59 Å². The van der Waals surface area contributed by atoms with Gasteiger partial charge in [-0.25, -0.2) is 14.4 Å². The molecule has 2 fully saturated rings. The summed E-state index contributed by atoms with van der Waals surface area (Å²) in [4.78, 5) is 30.9. The second kappa shape index (κ2) is 7.32. The number of hydrogen-bond acceptors (Lipinski definition) is 5. The lowest BCUT2D eigenvalue weighted by atomic mass is 9.95. The van der Waals surface area contributed by atoms with Crippen LogP contribution in [0.15, 0.2) is 12.1 Å². The van der Waals surface area contributed by atoms with E-state index in [4.69, 9.17) is 9.57 Å². The summed E-state index contributed by atoms with van der Waals surface area (Å²) in [7, 11) is 2.92. The number of benzene rings is 1. The minimum Gasteiger partial charge on any atom is -0.496 e. The topological polar surface area (TPSA) is 62.3 Å². The molecule has 0 spiro atoms. The van der Waals surface area contributed by atoms with Gasteiger partial charge in [-0.15, -0.1) is 5.92 Å². The largest absolute Gasteiger partial charge is 0.496 e. The zero-order chi connectivity index (χ0) is 18.8. The number of amides is 2. The number of hydrazine groups is 1. The van der Waals surface area contributed by atoms with E-state index in [-0.39, 0.29) is 24.4 Å². The molecule has 3 rings (SSSR count). The number of halogens is 1. The van der Waals surface area contributed by atoms with Gasteiger partial charge in [-0.2, -0.15) is 5.06 Å². The van der Waals surface area contributed by atoms with Crippen LogP contribution in [0.4, 0.5) is 4.39 Å². The van der Waals surface area contributed by atoms with E-state index in [1.807, 2.05) is 0 Å². The van der Waals surface area contributed by atoms with Gasteiger partial charge in [0.25, 0.3) is 11.8 Å². The summed E-state index contributed by atoms with van der Waals surface area (Å²) in [6.07, 6.45) is 0. The van der Waals surface area contributed by atoms with Crippen molar-refractivity contribution in [1.82, 2.24) is 15.1 Å². The van der Waals surface area contributed by atoms with Gasteiger partial charge >= 0.3 is 0 Å². The van der Waals surface area contributed by atoms with Crippen molar-refractivity contribution in [2.75, 3.05) is 40.4 Å². The summed E-state index contributed by atoms with van der Waals surface area (Å²) in [5, 5.41) is 4.41. The molecule has 2 saturated heterocycles. The second-order valence-electron chi connectivity index (χ2n) is 5.92. The second-order valence-corrected chi connectivity index (χ2v) is 5.92. The molecule has 1 aromatic carbocycles. The normalized spacial score (nSPS) is 18.5. The van der Waals surface area contributed by atoms with Crippen molar-refractivity contribution in [3.05, 3.63) is 29.1 Å². The first-order valence-corrected chi connectivity index (χ1v) is 8.23. The predicted octanol–water partition coefficient (Wildman–Crippen LogP) is 0.752. The average molecular weight is 361 g/mol. The molecule has 7 nitrogen and oxygen atoms in total. The fraction of sp³-hybridized carbons (Fsp3) is 0.444. The molecule has 0 bridgehead atoms. The highest BCUT2D eigenvalue weighted by molar-refractivity contribution is 6.10. The van der Waals surface area contributed by atoms with Gasteiger partial charge < -0.3 is 9.57 Å². The van der Waals surface area contributed by atoms with E-state index in [0.717, 1.165) is 0 Å². The van der Waals surface area contributed by atoms with Crippen molar-refractivity contribution in [3.63, 3.8) is 0 Å². The molecule has 8 heteroatoms. The molecule has 2 heterocycles. The average Bonchev–Trinajstić information content (AvgIpc) is 2.79. The number of hydrogen-bond donors (Lipinski definition) is 0. The van der Waals surface area contributed by atoms with E-state index in [1.54, 1.807) is 25.2 Å². The Bertz CT molecular complexity index is 776. The molecule has 138 valence electrons. The summed E-state index contributed by atoms with van der Waals surface area (Å²) < 4.78 is 20.0. The number of hydroxylamine groups is 2. The molecule has 2 aliphatic rings. The minimum atomic E-state index is -1.25. The van der Waals surface area contributed by atoms with Crippen molar-refractivity contribution in [2.24, 2.45) is 0 Å². The van der Waals surface area contributed by atoms with Gasteiger partial charge in [-0.1, -0.05) is 5.92 Å². The van der Waals surface area contributed by atoms with Crippen LogP contribution in [0.3, 0.4) is 0 Å². The Morgan fingerprint density at radius 2 is 1.69 bits per heavy atom. The zero-order valence-corrected chi connectivity index (χ0v) is 14.9. The molecule has 0 aromatic heterocycles. The van der Waals surface area contributed by atoms with Crippen molar-refractivity contribution < 1.29 is 23.6 Å². The standard InChI is InChI=1S/C18H20FN3O4/c1-4-5-12-10-13(19)15(14(11-12)25-2)16-17(23)21-8-6-20(26-3)7-9-22(21)18(16)24/h10-11,16H,6-9H2,1-3H3. The van der Waals surface area contributed by atoms with Gasteiger partial charge in [0.15, 0.2) is 5.92 Å². The van der Waals surface area contributed by atoms with Crippen LogP contribution in [0.25, 0.3) is 0 Å². The van der Waals surface area contributed by atoms with E-state index in [0.29, 0.717) is 18.7 Å². The number of rotatable bonds is 3.